The molecule has 2 heterocycles. The Morgan fingerprint density at radius 3 is 2.70 bits per heavy atom. The summed E-state index contributed by atoms with van der Waals surface area (Å²) in [6.07, 6.45) is 0. The van der Waals surface area contributed by atoms with Crippen molar-refractivity contribution in [1.29, 1.82) is 0 Å². The molecule has 0 atom stereocenters. The van der Waals surface area contributed by atoms with Crippen LogP contribution in [0.4, 0.5) is 18.9 Å². The van der Waals surface area contributed by atoms with Crippen LogP contribution in [0.15, 0.2) is 12.1 Å². The van der Waals surface area contributed by atoms with Crippen molar-refractivity contribution in [3.05, 3.63) is 17.8 Å². The van der Waals surface area contributed by atoms with Gasteiger partial charge in [0.25, 0.3) is 5.92 Å². The van der Waals surface area contributed by atoms with Crippen molar-refractivity contribution in [1.82, 2.24) is 4.98 Å². The first-order chi connectivity index (χ1) is 9.46. The number of rotatable bonds is 5. The molecule has 110 valence electrons. The van der Waals surface area contributed by atoms with Crippen LogP contribution in [0.25, 0.3) is 0 Å². The van der Waals surface area contributed by atoms with Crippen LogP contribution in [0.3, 0.4) is 0 Å². The quantitative estimate of drug-likeness (QED) is 0.772. The van der Waals surface area contributed by atoms with E-state index >= 15 is 0 Å². The molecule has 0 radical (unpaired) electrons. The molecule has 2 rings (SSSR count). The smallest absolute Gasteiger partial charge is 0.356 e. The number of pyridine rings is 1. The molecule has 0 saturated carbocycles. The third kappa shape index (κ3) is 2.94. The van der Waals surface area contributed by atoms with Gasteiger partial charge in [-0.1, -0.05) is 0 Å². The lowest BCUT2D eigenvalue weighted by Gasteiger charge is -2.40. The number of carbonyl (C=O) groups is 1. The molecule has 0 aromatic carbocycles. The Balaban J connectivity index is 2.24. The monoisotopic (exact) mass is 290 g/mol. The van der Waals surface area contributed by atoms with Gasteiger partial charge < -0.3 is 14.4 Å². The zero-order valence-electron chi connectivity index (χ0n) is 10.7. The van der Waals surface area contributed by atoms with Crippen LogP contribution in [-0.2, 0) is 4.74 Å². The maximum Gasteiger partial charge on any atom is 0.356 e. The fourth-order valence-electron chi connectivity index (χ4n) is 1.82. The third-order valence-electron chi connectivity index (χ3n) is 2.74. The maximum atomic E-state index is 12.9. The predicted molar refractivity (Wildman–Crippen MR) is 64.2 cm³/mol. The predicted octanol–water partition coefficient (Wildman–Crippen LogP) is 1.67. The summed E-state index contributed by atoms with van der Waals surface area (Å²) in [5.74, 6) is -3.49. The number of aromatic nitrogens is 1. The normalized spacial score (nSPS) is 16.5. The van der Waals surface area contributed by atoms with Crippen molar-refractivity contribution >= 4 is 11.7 Å². The van der Waals surface area contributed by atoms with Crippen LogP contribution in [0.1, 0.15) is 10.5 Å². The molecule has 0 unspecified atom stereocenters. The van der Waals surface area contributed by atoms with Gasteiger partial charge in [0.1, 0.15) is 19.0 Å². The first-order valence-corrected chi connectivity index (χ1v) is 5.88. The second-order valence-electron chi connectivity index (χ2n) is 4.26. The molecule has 1 aliphatic heterocycles. The molecular weight excluding hydrogens is 277 g/mol. The highest BCUT2D eigenvalue weighted by Crippen LogP contribution is 2.36. The molecule has 1 fully saturated rings. The van der Waals surface area contributed by atoms with Crippen molar-refractivity contribution in [3.63, 3.8) is 0 Å². The highest BCUT2D eigenvalue weighted by atomic mass is 19.3. The van der Waals surface area contributed by atoms with E-state index in [-0.39, 0.29) is 18.2 Å². The van der Waals surface area contributed by atoms with Crippen molar-refractivity contribution in [2.45, 2.75) is 5.92 Å². The number of hydrogen-bond donors (Lipinski definition) is 0. The number of alkyl halides is 3. The van der Waals surface area contributed by atoms with Crippen LogP contribution in [-0.4, -0.2) is 50.4 Å². The molecule has 0 bridgehead atoms. The fraction of sp³-hybridized carbons (Fsp3) is 0.500. The van der Waals surface area contributed by atoms with Crippen LogP contribution in [0, 0.1) is 0 Å². The van der Waals surface area contributed by atoms with Gasteiger partial charge in [-0.15, -0.1) is 0 Å². The van der Waals surface area contributed by atoms with E-state index in [4.69, 9.17) is 4.74 Å². The van der Waals surface area contributed by atoms with E-state index in [9.17, 15) is 18.0 Å². The van der Waals surface area contributed by atoms with Gasteiger partial charge in [-0.25, -0.2) is 22.9 Å². The summed E-state index contributed by atoms with van der Waals surface area (Å²) in [7, 11) is 1.19. The van der Waals surface area contributed by atoms with E-state index in [1.807, 2.05) is 0 Å². The maximum absolute atomic E-state index is 12.9. The topological polar surface area (TPSA) is 51.7 Å². The van der Waals surface area contributed by atoms with Gasteiger partial charge in [0.2, 0.25) is 5.88 Å². The number of esters is 1. The Morgan fingerprint density at radius 2 is 2.15 bits per heavy atom. The van der Waals surface area contributed by atoms with E-state index < -0.39 is 31.7 Å². The van der Waals surface area contributed by atoms with Crippen molar-refractivity contribution in [2.75, 3.05) is 38.4 Å². The molecule has 0 spiro atoms. The summed E-state index contributed by atoms with van der Waals surface area (Å²) >= 11 is 0. The molecule has 1 aromatic heterocycles. The van der Waals surface area contributed by atoms with Gasteiger partial charge in [0.05, 0.1) is 20.2 Å². The zero-order chi connectivity index (χ0) is 14.8. The van der Waals surface area contributed by atoms with E-state index in [2.05, 4.69) is 9.72 Å². The summed E-state index contributed by atoms with van der Waals surface area (Å²) in [6, 6.07) is 2.78. The average molecular weight is 290 g/mol. The number of hydrogen-bond acceptors (Lipinski definition) is 5. The van der Waals surface area contributed by atoms with Crippen molar-refractivity contribution in [2.24, 2.45) is 0 Å². The molecule has 5 nitrogen and oxygen atoms in total. The summed E-state index contributed by atoms with van der Waals surface area (Å²) in [5, 5.41) is 0. The summed E-state index contributed by atoms with van der Waals surface area (Å²) in [6.45, 7) is -1.94. The minimum Gasteiger partial charge on any atom is -0.473 e. The molecule has 1 saturated heterocycles. The number of ether oxygens (including phenoxy) is 2. The molecule has 0 amide bonds. The van der Waals surface area contributed by atoms with Gasteiger partial charge in [-0.3, -0.25) is 0 Å². The van der Waals surface area contributed by atoms with Crippen LogP contribution >= 0.6 is 0 Å². The van der Waals surface area contributed by atoms with E-state index in [1.165, 1.54) is 24.1 Å². The number of nitrogens with zero attached hydrogens (tertiary/aromatic N) is 2. The minimum atomic E-state index is -2.75. The lowest BCUT2D eigenvalue weighted by atomic mass is 10.1. The summed E-state index contributed by atoms with van der Waals surface area (Å²) < 4.78 is 47.5. The Kier molecular flexibility index (Phi) is 4.01. The van der Waals surface area contributed by atoms with Gasteiger partial charge in [-0.2, -0.15) is 0 Å². The summed E-state index contributed by atoms with van der Waals surface area (Å²) in [4.78, 5) is 16.6. The molecule has 8 heteroatoms. The molecular formula is C12H13F3N2O3. The molecule has 1 aliphatic rings. The Bertz CT molecular complexity index is 503. The Hall–Kier alpha value is -1.99. The Labute approximate surface area is 113 Å². The highest BCUT2D eigenvalue weighted by molar-refractivity contribution is 5.88. The zero-order valence-corrected chi connectivity index (χ0v) is 10.7. The number of anilines is 1. The van der Waals surface area contributed by atoms with E-state index in [0.29, 0.717) is 5.69 Å². The third-order valence-corrected chi connectivity index (χ3v) is 2.74. The fourth-order valence-corrected chi connectivity index (χ4v) is 1.82. The first kappa shape index (κ1) is 14.4. The minimum absolute atomic E-state index is 0.0302. The van der Waals surface area contributed by atoms with Gasteiger partial charge in [0, 0.05) is 0 Å². The molecule has 0 N–H and O–H groups in total. The van der Waals surface area contributed by atoms with E-state index in [0.717, 1.165) is 0 Å². The second kappa shape index (κ2) is 5.56. The average Bonchev–Trinajstić information content (AvgIpc) is 2.41. The van der Waals surface area contributed by atoms with Crippen LogP contribution in [0.2, 0.25) is 0 Å². The van der Waals surface area contributed by atoms with Gasteiger partial charge in [-0.05, 0) is 12.1 Å². The summed E-state index contributed by atoms with van der Waals surface area (Å²) in [5.41, 5.74) is 0.273. The van der Waals surface area contributed by atoms with Crippen molar-refractivity contribution in [3.8, 4) is 5.88 Å². The van der Waals surface area contributed by atoms with Gasteiger partial charge >= 0.3 is 5.97 Å². The van der Waals surface area contributed by atoms with Gasteiger partial charge in [0.15, 0.2) is 5.69 Å². The van der Waals surface area contributed by atoms with Crippen LogP contribution < -0.4 is 9.64 Å². The van der Waals surface area contributed by atoms with Crippen molar-refractivity contribution < 1.29 is 27.4 Å². The lowest BCUT2D eigenvalue weighted by Crippen LogP contribution is -2.56. The standard InChI is InChI=1S/C12H13F3N2O3/c1-19-11(18)8-2-3-9(10(16-8)20-5-4-13)17-6-12(14,15)7-17/h2-3H,4-7H2,1H3. The molecule has 0 aliphatic carbocycles. The van der Waals surface area contributed by atoms with Crippen LogP contribution in [0.5, 0.6) is 5.88 Å². The second-order valence-corrected chi connectivity index (χ2v) is 4.26. The lowest BCUT2D eigenvalue weighted by molar-refractivity contribution is -0.0265. The SMILES string of the molecule is COC(=O)c1ccc(N2CC(F)(F)C2)c(OCCF)n1. The molecule has 1 aromatic rings. The Morgan fingerprint density at radius 1 is 1.45 bits per heavy atom. The number of methoxy groups -OCH3 is 1. The largest absolute Gasteiger partial charge is 0.473 e. The molecule has 20 heavy (non-hydrogen) atoms. The number of halogens is 3. The first-order valence-electron chi connectivity index (χ1n) is 5.88. The van der Waals surface area contributed by atoms with E-state index in [1.54, 1.807) is 0 Å². The highest BCUT2D eigenvalue weighted by Gasteiger charge is 2.45. The number of carbonyl (C=O) groups excluding carboxylic acids is 1.